The first-order chi connectivity index (χ1) is 64.3. The molecule has 0 fully saturated rings. The van der Waals surface area contributed by atoms with E-state index >= 15 is 0 Å². The van der Waals surface area contributed by atoms with Gasteiger partial charge in [0.05, 0.1) is 54.5 Å². The first kappa shape index (κ1) is 104. The Morgan fingerprint density at radius 3 is 1.12 bits per heavy atom. The molecule has 14 heterocycles. The van der Waals surface area contributed by atoms with Crippen molar-refractivity contribution in [3.8, 4) is 22.3 Å². The third kappa shape index (κ3) is 17.7. The van der Waals surface area contributed by atoms with Crippen molar-refractivity contribution in [2.45, 2.75) is 91.6 Å². The molecule has 21 heteroatoms. The van der Waals surface area contributed by atoms with Crippen molar-refractivity contribution < 1.29 is 229 Å². The maximum Gasteiger partial charge on any atom is 0.0719 e. The standard InChI is InChI=1S/C22H17N2.2C18H17N2.3C16H15N2.C12H13N2.7Y/c1-13-19-17-9-8-15-5-3-4-14-6-7-16(21(17)20(14)15)12-18(19)24-11-10-23(2)22(13)24;1-13-16-12-15(14-6-4-3-5-7-14)8-9-17(16)20-11-10-19(2)18(13)20;1-13-16-9-8-15(14-6-4-3-5-7-14)12-17(16)20-11-10-19(2)18(13)20;1-11-12-7-3-4-8-13(12)18-15-10-6-5-9-14(15)17(2)16(11)18;1-11-14-9-12-5-3-4-6-13(12)10-15(14)18-8-7-17(2)16(11)18;1-11-13-8-7-12-5-3-4-6-14(12)15(13)18-10-9-17(2)16(11)18;1-9-10-5-3-4-6-11(10)14-8-7-13(2)12(9)14;;;;;;;/h3-12,22H,1-2H3;2*3-12,18H,1-2H3;3*3-10,16H,1-2H3;3-8,12H,1-2H3;;;;;;;/q7*-1;;;;;;;. The maximum absolute atomic E-state index is 2.44. The van der Waals surface area contributed by atoms with Gasteiger partial charge in [0.2, 0.25) is 0 Å². The van der Waals surface area contributed by atoms with Crippen LogP contribution in [0.4, 0.5) is 51.2 Å². The topological polar surface area (TPSA) is 45.4 Å². The zero-order valence-corrected chi connectivity index (χ0v) is 101. The van der Waals surface area contributed by atoms with Crippen LogP contribution < -0.4 is 39.2 Å². The third-order valence-electron chi connectivity index (χ3n) is 29.8. The van der Waals surface area contributed by atoms with Crippen molar-refractivity contribution in [2.75, 3.05) is 88.5 Å². The molecule has 0 saturated carbocycles. The molecule has 14 aliphatic heterocycles. The van der Waals surface area contributed by atoms with E-state index in [4.69, 9.17) is 0 Å². The molecular weight excluding hydrogens is 2240 g/mol. The van der Waals surface area contributed by atoms with Gasteiger partial charge >= 0.3 is 0 Å². The van der Waals surface area contributed by atoms with E-state index in [1.807, 2.05) is 0 Å². The van der Waals surface area contributed by atoms with Gasteiger partial charge in [0, 0.05) is 353 Å². The van der Waals surface area contributed by atoms with Gasteiger partial charge in [-0.2, -0.15) is 75.3 Å². The van der Waals surface area contributed by atoms with Gasteiger partial charge in [0.25, 0.3) is 0 Å². The monoisotopic (exact) mass is 2340 g/mol. The zero-order chi connectivity index (χ0) is 89.9. The summed E-state index contributed by atoms with van der Waals surface area (Å²) in [6, 6.07) is 105. The molecule has 679 valence electrons. The molecule has 0 aromatic heterocycles. The van der Waals surface area contributed by atoms with Gasteiger partial charge in [-0.3, -0.25) is 0 Å². The van der Waals surface area contributed by atoms with E-state index in [2.05, 4.69) is 532 Å². The van der Waals surface area contributed by atoms with Gasteiger partial charge < -0.3 is 68.6 Å². The summed E-state index contributed by atoms with van der Waals surface area (Å²) < 4.78 is 0. The number of hydrogen-bond acceptors (Lipinski definition) is 14. The Labute approximate surface area is 997 Å². The average Bonchev–Trinajstić information content (AvgIpc) is 1.64. The summed E-state index contributed by atoms with van der Waals surface area (Å²) in [6.45, 7) is 15.7. The summed E-state index contributed by atoms with van der Waals surface area (Å²) in [7, 11) is 15.0. The summed E-state index contributed by atoms with van der Waals surface area (Å²) >= 11 is 0. The van der Waals surface area contributed by atoms with Gasteiger partial charge in [0.15, 0.2) is 0 Å². The SMILES string of the molecule is C[C-]1c2c(cc3ccc4cccc5ccc2c3c45)N2C=CN(C)C12.C[C-]1c2cc(-c3ccccc3)ccc2N2C=CN(C)C12.C[C-]1c2cc3ccccc3cc2N2C=CN(C)C12.C[C-]1c2ccc(-c3ccccc3)cc2N2C=CN(C)C12.C[C-]1c2ccc3ccccc3c2N2C=CN(C)C12.C[C-]1c2ccccc2N2C=CN(C)C12.C[C-]1c2ccccc2N2c3ccccc3N(C)C12.[Y].[Y].[Y].[Y].[Y].[Y].[Y]. The van der Waals surface area contributed by atoms with E-state index in [-0.39, 0.29) is 229 Å². The molecule has 0 amide bonds. The Morgan fingerprint density at radius 1 is 0.194 bits per heavy atom. The predicted molar refractivity (Wildman–Crippen MR) is 551 cm³/mol. The van der Waals surface area contributed by atoms with Gasteiger partial charge in [-0.05, 0) is 61.1 Å². The fraction of sp³-hybridized carbons (Fsp3) is 0.178. The normalized spacial score (nSPS) is 19.2. The zero-order valence-electron chi connectivity index (χ0n) is 81.5. The van der Waals surface area contributed by atoms with E-state index in [1.165, 1.54) is 208 Å². The summed E-state index contributed by atoms with van der Waals surface area (Å²) in [5.41, 5.74) is 26.7. The minimum absolute atomic E-state index is 0. The quantitative estimate of drug-likeness (QED) is 0.122. The number of para-hydroxylation sites is 4. The number of benzene rings is 15. The van der Waals surface area contributed by atoms with Crippen molar-refractivity contribution >= 4 is 105 Å². The number of anilines is 9. The van der Waals surface area contributed by atoms with Crippen LogP contribution in [-0.2, 0) is 229 Å². The van der Waals surface area contributed by atoms with E-state index in [1.54, 1.807) is 0 Å². The van der Waals surface area contributed by atoms with Crippen LogP contribution in [0.1, 0.15) is 87.4 Å². The molecule has 15 aromatic rings. The average molecular weight is 2350 g/mol. The van der Waals surface area contributed by atoms with Crippen LogP contribution in [0.2, 0.25) is 0 Å². The van der Waals surface area contributed by atoms with Crippen molar-refractivity contribution in [1.29, 1.82) is 0 Å². The second kappa shape index (κ2) is 42.5. The van der Waals surface area contributed by atoms with Gasteiger partial charge in [-0.25, -0.2) is 0 Å². The predicted octanol–water partition coefficient (Wildman–Crippen LogP) is 25.2. The van der Waals surface area contributed by atoms with Crippen LogP contribution >= 0.6 is 0 Å². The first-order valence-corrected chi connectivity index (χ1v) is 46.3. The molecular formula is C118H109N14Y7-7. The van der Waals surface area contributed by atoms with E-state index < -0.39 is 0 Å². The fourth-order valence-corrected chi connectivity index (χ4v) is 23.5. The first-order valence-electron chi connectivity index (χ1n) is 46.3. The summed E-state index contributed by atoms with van der Waals surface area (Å²) in [5, 5.41) is 13.5. The van der Waals surface area contributed by atoms with Crippen LogP contribution in [0.5, 0.6) is 0 Å². The Hall–Kier alpha value is -7.68. The van der Waals surface area contributed by atoms with Crippen LogP contribution in [0.25, 0.3) is 76.1 Å². The Morgan fingerprint density at radius 2 is 0.547 bits per heavy atom. The third-order valence-corrected chi connectivity index (χ3v) is 29.8. The minimum Gasteiger partial charge on any atom is -0.386 e. The molecule has 14 aliphatic rings. The minimum atomic E-state index is 0. The number of nitrogens with zero attached hydrogens (tertiary/aromatic N) is 14. The van der Waals surface area contributed by atoms with Crippen LogP contribution in [0.15, 0.2) is 366 Å². The molecule has 0 spiro atoms. The second-order valence-corrected chi connectivity index (χ2v) is 37.3. The van der Waals surface area contributed by atoms with E-state index in [0.29, 0.717) is 43.2 Å². The van der Waals surface area contributed by atoms with Crippen LogP contribution in [-0.4, -0.2) is 122 Å². The molecule has 0 bridgehead atoms. The van der Waals surface area contributed by atoms with Crippen LogP contribution in [0.3, 0.4) is 0 Å². The molecule has 139 heavy (non-hydrogen) atoms. The van der Waals surface area contributed by atoms with Crippen molar-refractivity contribution in [1.82, 2.24) is 29.4 Å². The van der Waals surface area contributed by atoms with E-state index in [0.717, 1.165) is 0 Å². The number of rotatable bonds is 2. The Balaban J connectivity index is 0.000000117. The Kier molecular flexibility index (Phi) is 31.9. The fourth-order valence-electron chi connectivity index (χ4n) is 23.5. The summed E-state index contributed by atoms with van der Waals surface area (Å²) in [5.74, 6) is 10.0. The molecule has 7 unspecified atom stereocenters. The Bertz CT molecular complexity index is 7160. The summed E-state index contributed by atoms with van der Waals surface area (Å²) in [6.07, 6.45) is 28.5. The number of fused-ring (bicyclic) bond motifs is 27. The van der Waals surface area contributed by atoms with Gasteiger partial charge in [-0.15, -0.1) is 77.1 Å². The summed E-state index contributed by atoms with van der Waals surface area (Å²) in [4.78, 5) is 32.6. The molecule has 7 atom stereocenters. The molecule has 0 saturated heterocycles. The van der Waals surface area contributed by atoms with Gasteiger partial charge in [0.1, 0.15) is 0 Å². The van der Waals surface area contributed by atoms with Gasteiger partial charge in [-0.1, -0.05) is 322 Å². The number of hydrogen-bond donors (Lipinski definition) is 0. The molecule has 0 aliphatic carbocycles. The molecule has 29 rings (SSSR count). The van der Waals surface area contributed by atoms with Crippen molar-refractivity contribution in [3.63, 3.8) is 0 Å². The molecule has 0 N–H and O–H groups in total. The largest absolute Gasteiger partial charge is 0.386 e. The van der Waals surface area contributed by atoms with Crippen molar-refractivity contribution in [3.05, 3.63) is 446 Å². The van der Waals surface area contributed by atoms with E-state index in [9.17, 15) is 0 Å². The molecule has 15 aromatic carbocycles. The molecule has 14 nitrogen and oxygen atoms in total. The number of likely N-dealkylation sites (N-methyl/N-ethyl adjacent to an activating group) is 7. The maximum atomic E-state index is 2.44. The second-order valence-electron chi connectivity index (χ2n) is 37.3. The van der Waals surface area contributed by atoms with Crippen molar-refractivity contribution in [2.24, 2.45) is 0 Å². The molecule has 7 radical (unpaired) electrons. The smallest absolute Gasteiger partial charge is 0.0719 e. The van der Waals surface area contributed by atoms with Crippen LogP contribution in [0, 0.1) is 41.4 Å².